The standard InChI is InChI=1S/C92H64N2O4S/c1-91(2,3)55-29-25-53(26-30-55)63-19-13-21-70-77-48-60(36-42-85(77)97-89(63)70)93(58-34-40-83-75(46-58)68-17-9-11-23-81(68)95-83)57-33-39-67-72(45-57)65-15-7-8-16-66(65)73-51-80-79-50-62(38-44-87(79)99-88(80)52-74(67)73)94(59-35-41-84-76(47-59)69-18-10-12-24-82(69)96-84)61-37-43-86-78(49-61)71-22-14-20-64(90(71)98-86)54-27-31-56(32-28-54)92(4,5)6/h7-52H,1-6H3. The summed E-state index contributed by atoms with van der Waals surface area (Å²) in [6.07, 6.45) is 0. The van der Waals surface area contributed by atoms with Crippen LogP contribution in [0.3, 0.4) is 0 Å². The van der Waals surface area contributed by atoms with Crippen LogP contribution < -0.4 is 9.80 Å². The molecule has 0 atom stereocenters. The Labute approximate surface area is 574 Å². The van der Waals surface area contributed by atoms with Crippen molar-refractivity contribution in [3.8, 4) is 22.3 Å². The molecule has 0 radical (unpaired) electrons. The van der Waals surface area contributed by atoms with E-state index in [-0.39, 0.29) is 10.8 Å². The molecular formula is C92H64N2O4S. The molecule has 0 amide bonds. The zero-order valence-corrected chi connectivity index (χ0v) is 56.3. The highest BCUT2D eigenvalue weighted by Crippen LogP contribution is 2.50. The highest BCUT2D eigenvalue weighted by molar-refractivity contribution is 7.26. The molecule has 5 heterocycles. The lowest BCUT2D eigenvalue weighted by Gasteiger charge is -2.26. The van der Waals surface area contributed by atoms with Gasteiger partial charge >= 0.3 is 0 Å². The number of thiophene rings is 1. The Balaban J connectivity index is 0.739. The van der Waals surface area contributed by atoms with Gasteiger partial charge in [-0.3, -0.25) is 0 Å². The lowest BCUT2D eigenvalue weighted by molar-refractivity contribution is 0.590. The Bertz CT molecular complexity index is 6760. The second-order valence-electron chi connectivity index (χ2n) is 28.8. The first-order valence-corrected chi connectivity index (χ1v) is 34.9. The number of hydrogen-bond donors (Lipinski definition) is 0. The number of nitrogens with zero attached hydrogens (tertiary/aromatic N) is 2. The van der Waals surface area contributed by atoms with E-state index in [1.165, 1.54) is 63.6 Å². The fourth-order valence-corrected chi connectivity index (χ4v) is 16.8. The largest absolute Gasteiger partial charge is 0.456 e. The fourth-order valence-electron chi connectivity index (χ4n) is 15.7. The minimum absolute atomic E-state index is 0.0533. The summed E-state index contributed by atoms with van der Waals surface area (Å²) in [5, 5.41) is 18.2. The van der Waals surface area contributed by atoms with E-state index in [0.29, 0.717) is 0 Å². The molecule has 20 aromatic rings. The average molecular weight is 1290 g/mol. The Morgan fingerprint density at radius 3 is 1.03 bits per heavy atom. The molecule has 7 heteroatoms. The van der Waals surface area contributed by atoms with E-state index in [1.807, 2.05) is 35.6 Å². The van der Waals surface area contributed by atoms with Gasteiger partial charge in [-0.2, -0.15) is 0 Å². The first-order chi connectivity index (χ1) is 48.3. The molecule has 0 aliphatic heterocycles. The third-order valence-corrected chi connectivity index (χ3v) is 21.9. The minimum atomic E-state index is 0.0533. The van der Waals surface area contributed by atoms with Gasteiger partial charge in [0.05, 0.1) is 0 Å². The number of rotatable bonds is 8. The minimum Gasteiger partial charge on any atom is -0.456 e. The van der Waals surface area contributed by atoms with Crippen molar-refractivity contribution in [3.05, 3.63) is 290 Å². The van der Waals surface area contributed by atoms with Gasteiger partial charge in [0.1, 0.15) is 44.7 Å². The normalized spacial score (nSPS) is 12.5. The Kier molecular flexibility index (Phi) is 12.3. The van der Waals surface area contributed by atoms with E-state index in [1.54, 1.807) is 0 Å². The summed E-state index contributed by atoms with van der Waals surface area (Å²) in [7, 11) is 0. The maximum Gasteiger partial charge on any atom is 0.143 e. The van der Waals surface area contributed by atoms with Crippen molar-refractivity contribution in [3.63, 3.8) is 0 Å². The summed E-state index contributed by atoms with van der Waals surface area (Å²) in [5.41, 5.74) is 20.2. The molecule has 472 valence electrons. The van der Waals surface area contributed by atoms with E-state index in [2.05, 4.69) is 306 Å². The van der Waals surface area contributed by atoms with E-state index < -0.39 is 0 Å². The Morgan fingerprint density at radius 1 is 0.232 bits per heavy atom. The molecule has 0 aliphatic rings. The smallest absolute Gasteiger partial charge is 0.143 e. The second-order valence-corrected chi connectivity index (χ2v) is 29.8. The van der Waals surface area contributed by atoms with Crippen LogP contribution in [-0.4, -0.2) is 0 Å². The number of anilines is 6. The molecule has 0 saturated heterocycles. The van der Waals surface area contributed by atoms with Crippen LogP contribution in [0.1, 0.15) is 52.7 Å². The topological polar surface area (TPSA) is 59.0 Å². The summed E-state index contributed by atoms with van der Waals surface area (Å²) in [6, 6.07) is 102. The number of fused-ring (bicyclic) bond motifs is 21. The third-order valence-electron chi connectivity index (χ3n) is 20.7. The first-order valence-electron chi connectivity index (χ1n) is 34.1. The third kappa shape index (κ3) is 9.07. The maximum atomic E-state index is 6.85. The molecule has 0 bridgehead atoms. The molecule has 0 spiro atoms. The van der Waals surface area contributed by atoms with Gasteiger partial charge in [-0.05, 0) is 193 Å². The van der Waals surface area contributed by atoms with Crippen LogP contribution in [0, 0.1) is 0 Å². The molecule has 5 aromatic heterocycles. The molecule has 0 aliphatic carbocycles. The van der Waals surface area contributed by atoms with Gasteiger partial charge in [0.25, 0.3) is 0 Å². The Hall–Kier alpha value is -11.9. The second kappa shape index (κ2) is 21.3. The van der Waals surface area contributed by atoms with Crippen LogP contribution in [0.15, 0.2) is 297 Å². The zero-order chi connectivity index (χ0) is 66.2. The number of para-hydroxylation sites is 4. The van der Waals surface area contributed by atoms with Crippen molar-refractivity contribution in [2.75, 3.05) is 9.80 Å². The van der Waals surface area contributed by atoms with Crippen LogP contribution in [0.5, 0.6) is 0 Å². The lowest BCUT2D eigenvalue weighted by atomic mass is 9.86. The average Bonchev–Trinajstić information content (AvgIpc) is 1.68. The van der Waals surface area contributed by atoms with Crippen LogP contribution in [0.25, 0.3) is 162 Å². The van der Waals surface area contributed by atoms with Crippen molar-refractivity contribution < 1.29 is 17.7 Å². The van der Waals surface area contributed by atoms with Crippen LogP contribution >= 0.6 is 11.3 Å². The van der Waals surface area contributed by atoms with E-state index in [9.17, 15) is 0 Å². The quantitative estimate of drug-likeness (QED) is 0.141. The van der Waals surface area contributed by atoms with Gasteiger partial charge in [-0.15, -0.1) is 11.3 Å². The first kappa shape index (κ1) is 57.4. The molecule has 15 aromatic carbocycles. The van der Waals surface area contributed by atoms with Crippen LogP contribution in [0.4, 0.5) is 34.1 Å². The van der Waals surface area contributed by atoms with E-state index >= 15 is 0 Å². The van der Waals surface area contributed by atoms with Crippen molar-refractivity contribution >= 4 is 186 Å². The Morgan fingerprint density at radius 2 is 0.566 bits per heavy atom. The molecule has 99 heavy (non-hydrogen) atoms. The zero-order valence-electron chi connectivity index (χ0n) is 55.5. The van der Waals surface area contributed by atoms with Crippen molar-refractivity contribution in [1.29, 1.82) is 0 Å². The lowest BCUT2D eigenvalue weighted by Crippen LogP contribution is -2.10. The van der Waals surface area contributed by atoms with Gasteiger partial charge in [0.15, 0.2) is 0 Å². The number of furan rings is 4. The predicted octanol–water partition coefficient (Wildman–Crippen LogP) is 28.0. The van der Waals surface area contributed by atoms with Crippen molar-refractivity contribution in [2.24, 2.45) is 0 Å². The van der Waals surface area contributed by atoms with Crippen LogP contribution in [0.2, 0.25) is 0 Å². The monoisotopic (exact) mass is 1290 g/mol. The van der Waals surface area contributed by atoms with Gasteiger partial charge < -0.3 is 27.5 Å². The van der Waals surface area contributed by atoms with Crippen LogP contribution in [-0.2, 0) is 10.8 Å². The van der Waals surface area contributed by atoms with E-state index in [4.69, 9.17) is 17.7 Å². The summed E-state index contributed by atoms with van der Waals surface area (Å²) < 4.78 is 29.0. The number of hydrogen-bond acceptors (Lipinski definition) is 7. The van der Waals surface area contributed by atoms with Gasteiger partial charge in [-0.1, -0.05) is 193 Å². The molecular weight excluding hydrogens is 1230 g/mol. The van der Waals surface area contributed by atoms with E-state index in [0.717, 1.165) is 144 Å². The van der Waals surface area contributed by atoms with Gasteiger partial charge in [-0.25, -0.2) is 0 Å². The number of benzene rings is 15. The highest BCUT2D eigenvalue weighted by Gasteiger charge is 2.25. The van der Waals surface area contributed by atoms with Gasteiger partial charge in [0.2, 0.25) is 0 Å². The summed E-state index contributed by atoms with van der Waals surface area (Å²) >= 11 is 1.85. The predicted molar refractivity (Wildman–Crippen MR) is 419 cm³/mol. The fraction of sp³-hybridized carbons (Fsp3) is 0.0870. The van der Waals surface area contributed by atoms with Gasteiger partial charge in [0, 0.05) is 109 Å². The molecule has 0 saturated carbocycles. The molecule has 6 nitrogen and oxygen atoms in total. The highest BCUT2D eigenvalue weighted by atomic mass is 32.1. The molecule has 0 N–H and O–H groups in total. The molecule has 20 rings (SSSR count). The van der Waals surface area contributed by atoms with Crippen molar-refractivity contribution in [2.45, 2.75) is 52.4 Å². The summed E-state index contributed by atoms with van der Waals surface area (Å²) in [4.78, 5) is 4.80. The molecule has 0 fully saturated rings. The summed E-state index contributed by atoms with van der Waals surface area (Å²) in [6.45, 7) is 13.5. The molecule has 0 unspecified atom stereocenters. The maximum absolute atomic E-state index is 6.85. The SMILES string of the molecule is CC(C)(C)c1ccc(-c2cccc3c2oc2ccc(N(c4ccc5oc6ccccc6c5c4)c4ccc5sc6cc7c8ccc(N(c9ccc%10oc%11ccccc%11c%10c9)c9ccc%10oc%11c(-c%12ccc(C(C)(C)C)cc%12)cccc%11c%10c9)cc8c8ccccc8c7cc6c5c4)cc23)cc1. The van der Waals surface area contributed by atoms with Crippen molar-refractivity contribution in [1.82, 2.24) is 0 Å². The summed E-state index contributed by atoms with van der Waals surface area (Å²) in [5.74, 6) is 0.